The van der Waals surface area contributed by atoms with Gasteiger partial charge in [0.25, 0.3) is 10.8 Å². The van der Waals surface area contributed by atoms with Gasteiger partial charge in [-0.25, -0.2) is 10.6 Å². The van der Waals surface area contributed by atoms with E-state index in [0.717, 1.165) is 6.21 Å². The summed E-state index contributed by atoms with van der Waals surface area (Å²) in [5.41, 5.74) is -0.350. The van der Waals surface area contributed by atoms with Crippen LogP contribution in [0.25, 0.3) is 0 Å². The molecule has 2 fully saturated rings. The van der Waals surface area contributed by atoms with Crippen molar-refractivity contribution in [2.75, 3.05) is 0 Å². The standard InChI is InChI=1S/C17H19N3O6/c1-15(2)16(3)6-7-17(15,26-14(16)23)13(22)19-18-9-10-8-11(20(24)25)4-5-12(10)21/h4-5,8-9H,6-7H2,1-3H3,(H2-,18,19,21,22,24,25)/p+1. The Morgan fingerprint density at radius 3 is 2.58 bits per heavy atom. The number of esters is 1. The molecule has 1 saturated heterocycles. The Kier molecular flexibility index (Phi) is 3.78. The predicted octanol–water partition coefficient (Wildman–Crippen LogP) is 1.76. The van der Waals surface area contributed by atoms with Crippen molar-refractivity contribution in [1.82, 2.24) is 5.43 Å². The van der Waals surface area contributed by atoms with Crippen LogP contribution in [0.15, 0.2) is 23.3 Å². The molecule has 1 amide bonds. The summed E-state index contributed by atoms with van der Waals surface area (Å²) in [6, 6.07) is 3.63. The number of hydrogen-bond donors (Lipinski definition) is 3. The van der Waals surface area contributed by atoms with E-state index in [1.165, 1.54) is 18.2 Å². The van der Waals surface area contributed by atoms with Crippen LogP contribution in [0.2, 0.25) is 0 Å². The molecule has 138 valence electrons. The van der Waals surface area contributed by atoms with Gasteiger partial charge in [0.1, 0.15) is 5.75 Å². The van der Waals surface area contributed by atoms with Crippen molar-refractivity contribution in [2.45, 2.75) is 39.2 Å². The molecule has 3 N–H and O–H groups in total. The number of carbonyl (C=O) groups excluding carboxylic acids is 2. The lowest BCUT2D eigenvalue weighted by atomic mass is 9.66. The minimum atomic E-state index is -1.29. The van der Waals surface area contributed by atoms with Crippen LogP contribution in [0.5, 0.6) is 5.75 Å². The number of benzene rings is 1. The van der Waals surface area contributed by atoms with Crippen molar-refractivity contribution >= 4 is 23.8 Å². The first kappa shape index (κ1) is 17.8. The zero-order chi connectivity index (χ0) is 19.3. The molecule has 1 heterocycles. The van der Waals surface area contributed by atoms with E-state index in [1.807, 2.05) is 13.8 Å². The molecule has 0 aromatic heterocycles. The third-order valence-electron chi connectivity index (χ3n) is 6.05. The molecule has 3 rings (SSSR count). The summed E-state index contributed by atoms with van der Waals surface area (Å²) in [5, 5.41) is 22.5. The van der Waals surface area contributed by atoms with Crippen molar-refractivity contribution < 1.29 is 29.6 Å². The molecule has 1 saturated carbocycles. The van der Waals surface area contributed by atoms with Crippen molar-refractivity contribution in [3.8, 4) is 5.75 Å². The molecule has 1 aromatic carbocycles. The van der Waals surface area contributed by atoms with Crippen LogP contribution in [0, 0.1) is 15.7 Å². The summed E-state index contributed by atoms with van der Waals surface area (Å²) in [6.45, 7) is 5.45. The first-order valence-electron chi connectivity index (χ1n) is 8.11. The molecule has 2 atom stereocenters. The summed E-state index contributed by atoms with van der Waals surface area (Å²) in [6.07, 6.45) is 2.09. The van der Waals surface area contributed by atoms with Crippen molar-refractivity contribution in [1.29, 1.82) is 0 Å². The van der Waals surface area contributed by atoms with Crippen LogP contribution in [0.1, 0.15) is 39.2 Å². The van der Waals surface area contributed by atoms with Gasteiger partial charge in [-0.1, -0.05) is 13.8 Å². The number of ether oxygens (including phenoxy) is 1. The van der Waals surface area contributed by atoms with Gasteiger partial charge in [0.05, 0.1) is 16.5 Å². The second-order valence-corrected chi connectivity index (χ2v) is 7.39. The van der Waals surface area contributed by atoms with E-state index >= 15 is 0 Å². The fraction of sp³-hybridized carbons (Fsp3) is 0.471. The number of phenols is 1. The zero-order valence-corrected chi connectivity index (χ0v) is 14.6. The lowest BCUT2D eigenvalue weighted by molar-refractivity contribution is -0.729. The Hall–Kier alpha value is -2.97. The first-order valence-corrected chi connectivity index (χ1v) is 8.11. The van der Waals surface area contributed by atoms with Crippen LogP contribution in [0.4, 0.5) is 5.69 Å². The second-order valence-electron chi connectivity index (χ2n) is 7.39. The van der Waals surface area contributed by atoms with Crippen LogP contribution in [-0.4, -0.2) is 38.9 Å². The average Bonchev–Trinajstić information content (AvgIpc) is 2.86. The molecular weight excluding hydrogens is 342 g/mol. The monoisotopic (exact) mass is 362 g/mol. The van der Waals surface area contributed by atoms with Gasteiger partial charge in [-0.2, -0.15) is 5.10 Å². The molecule has 2 unspecified atom stereocenters. The molecule has 9 heteroatoms. The van der Waals surface area contributed by atoms with E-state index in [0.29, 0.717) is 12.8 Å². The van der Waals surface area contributed by atoms with Gasteiger partial charge in [0.2, 0.25) is 0 Å². The number of nitrogens with one attached hydrogen (secondary N) is 1. The van der Waals surface area contributed by atoms with Gasteiger partial charge in [-0.15, -0.1) is 0 Å². The fourth-order valence-corrected chi connectivity index (χ4v) is 3.76. The number of hydrogen-bond acceptors (Lipinski definition) is 6. The van der Waals surface area contributed by atoms with E-state index in [2.05, 4.69) is 10.5 Å². The highest BCUT2D eigenvalue weighted by Gasteiger charge is 2.75. The Labute approximate surface area is 149 Å². The number of aromatic hydroxyl groups is 1. The van der Waals surface area contributed by atoms with Crippen LogP contribution < -0.4 is 5.43 Å². The van der Waals surface area contributed by atoms with Gasteiger partial charge in [-0.05, 0) is 25.8 Å². The summed E-state index contributed by atoms with van der Waals surface area (Å²) >= 11 is 0. The fourth-order valence-electron chi connectivity index (χ4n) is 3.76. The van der Waals surface area contributed by atoms with Gasteiger partial charge in [0.15, 0.2) is 5.60 Å². The average molecular weight is 362 g/mol. The zero-order valence-electron chi connectivity index (χ0n) is 14.6. The van der Waals surface area contributed by atoms with Crippen molar-refractivity contribution in [3.05, 3.63) is 28.7 Å². The summed E-state index contributed by atoms with van der Waals surface area (Å²) in [5.74, 6) is -1.12. The number of phenolic OH excluding ortho intramolecular Hbond substituents is 1. The van der Waals surface area contributed by atoms with E-state index < -0.39 is 28.3 Å². The minimum absolute atomic E-state index is 0.105. The van der Waals surface area contributed by atoms with E-state index in [9.17, 15) is 19.6 Å². The number of carbonyl (C=O) groups is 2. The van der Waals surface area contributed by atoms with Crippen LogP contribution in [0.3, 0.4) is 0 Å². The third-order valence-corrected chi connectivity index (χ3v) is 6.05. The maximum Gasteiger partial charge on any atom is 0.317 e. The maximum absolute atomic E-state index is 12.7. The van der Waals surface area contributed by atoms with Gasteiger partial charge < -0.3 is 9.84 Å². The van der Waals surface area contributed by atoms with E-state index in [1.54, 1.807) is 6.92 Å². The van der Waals surface area contributed by atoms with E-state index in [4.69, 9.17) is 9.94 Å². The normalized spacial score (nSPS) is 29.0. The number of rotatable bonds is 4. The van der Waals surface area contributed by atoms with Gasteiger partial charge in [-0.3, -0.25) is 9.59 Å². The topological polar surface area (TPSA) is 128 Å². The number of fused-ring (bicyclic) bond motifs is 2. The molecule has 2 aliphatic rings. The molecule has 2 bridgehead atoms. The molecule has 0 spiro atoms. The Balaban J connectivity index is 1.80. The van der Waals surface area contributed by atoms with Crippen molar-refractivity contribution in [2.24, 2.45) is 15.9 Å². The largest absolute Gasteiger partial charge is 0.507 e. The number of amides is 1. The van der Waals surface area contributed by atoms with E-state index in [-0.39, 0.29) is 21.9 Å². The lowest BCUT2D eigenvalue weighted by Gasteiger charge is -2.34. The molecule has 1 aliphatic heterocycles. The Morgan fingerprint density at radius 1 is 1.35 bits per heavy atom. The smallest absolute Gasteiger partial charge is 0.317 e. The Morgan fingerprint density at radius 2 is 2.04 bits per heavy atom. The quantitative estimate of drug-likeness (QED) is 0.425. The highest BCUT2D eigenvalue weighted by Crippen LogP contribution is 2.65. The SMILES string of the molecule is CC12CCC(C(=O)NN=Cc3cc([N+](=O)O)ccc3O)(OC1=O)C2(C)C. The summed E-state index contributed by atoms with van der Waals surface area (Å²) in [7, 11) is 0. The highest BCUT2D eigenvalue weighted by atomic mass is 16.6. The molecule has 26 heavy (non-hydrogen) atoms. The summed E-state index contributed by atoms with van der Waals surface area (Å²) in [4.78, 5) is 35.5. The third kappa shape index (κ3) is 2.19. The van der Waals surface area contributed by atoms with Gasteiger partial charge >= 0.3 is 11.7 Å². The number of hydrazone groups is 1. The Bertz CT molecular complexity index is 849. The second kappa shape index (κ2) is 5.52. The lowest BCUT2D eigenvalue weighted by Crippen LogP contribution is -2.52. The molecule has 9 nitrogen and oxygen atoms in total. The molecule has 0 radical (unpaired) electrons. The molecule has 1 aliphatic carbocycles. The maximum atomic E-state index is 12.7. The highest BCUT2D eigenvalue weighted by molar-refractivity contribution is 5.96. The minimum Gasteiger partial charge on any atom is -0.507 e. The van der Waals surface area contributed by atoms with Crippen LogP contribution >= 0.6 is 0 Å². The van der Waals surface area contributed by atoms with Gasteiger partial charge in [0, 0.05) is 23.1 Å². The predicted molar refractivity (Wildman–Crippen MR) is 88.9 cm³/mol. The van der Waals surface area contributed by atoms with Crippen LogP contribution in [-0.2, 0) is 14.3 Å². The first-order chi connectivity index (χ1) is 12.0. The van der Waals surface area contributed by atoms with Crippen molar-refractivity contribution in [3.63, 3.8) is 0 Å². The molecular formula is C17H20N3O6+. The number of nitrogens with zero attached hydrogens (tertiary/aromatic N) is 2. The molecule has 1 aromatic rings. The summed E-state index contributed by atoms with van der Waals surface area (Å²) < 4.78 is 5.45.